The van der Waals surface area contributed by atoms with Crippen LogP contribution in [0, 0.1) is 5.41 Å². The van der Waals surface area contributed by atoms with Gasteiger partial charge in [-0.15, -0.1) is 0 Å². The zero-order valence-corrected chi connectivity index (χ0v) is 15.6. The molecule has 118 valence electrons. The largest absolute Gasteiger partial charge is 0.309 e. The predicted molar refractivity (Wildman–Crippen MR) is 94.5 cm³/mol. The second kappa shape index (κ2) is 6.39. The van der Waals surface area contributed by atoms with Crippen molar-refractivity contribution in [2.75, 3.05) is 13.1 Å². The molecule has 2 unspecified atom stereocenters. The molecule has 0 bridgehead atoms. The summed E-state index contributed by atoms with van der Waals surface area (Å²) >= 11 is 3.70. The van der Waals surface area contributed by atoms with Crippen LogP contribution in [-0.4, -0.2) is 29.6 Å². The molecule has 0 aliphatic carbocycles. The highest BCUT2D eigenvalue weighted by molar-refractivity contribution is 9.10. The zero-order chi connectivity index (χ0) is 15.7. The van der Waals surface area contributed by atoms with Gasteiger partial charge in [-0.1, -0.05) is 61.8 Å². The van der Waals surface area contributed by atoms with Crippen molar-refractivity contribution >= 4 is 15.9 Å². The minimum absolute atomic E-state index is 0.225. The smallest absolute Gasteiger partial charge is 0.0278 e. The van der Waals surface area contributed by atoms with E-state index >= 15 is 0 Å². The van der Waals surface area contributed by atoms with Gasteiger partial charge >= 0.3 is 0 Å². The number of hydrogen-bond acceptors (Lipinski definition) is 2. The van der Waals surface area contributed by atoms with Crippen molar-refractivity contribution in [3.8, 4) is 0 Å². The molecule has 0 saturated carbocycles. The molecule has 1 aromatic carbocycles. The molecule has 1 saturated heterocycles. The van der Waals surface area contributed by atoms with E-state index in [0.29, 0.717) is 6.04 Å². The molecule has 1 N–H and O–H groups in total. The van der Waals surface area contributed by atoms with Crippen LogP contribution in [0.4, 0.5) is 0 Å². The Morgan fingerprint density at radius 1 is 1.33 bits per heavy atom. The van der Waals surface area contributed by atoms with Crippen molar-refractivity contribution in [3.63, 3.8) is 0 Å². The number of piperazine rings is 1. The number of rotatable bonds is 3. The number of benzene rings is 1. The van der Waals surface area contributed by atoms with E-state index in [0.717, 1.165) is 26.1 Å². The highest BCUT2D eigenvalue weighted by Gasteiger charge is 2.39. The maximum Gasteiger partial charge on any atom is 0.0278 e. The normalized spacial score (nSPS) is 27.8. The van der Waals surface area contributed by atoms with Crippen LogP contribution in [0.1, 0.15) is 46.6 Å². The van der Waals surface area contributed by atoms with Crippen LogP contribution in [0.2, 0.25) is 0 Å². The molecule has 1 aliphatic rings. The summed E-state index contributed by atoms with van der Waals surface area (Å²) in [7, 11) is 0. The second-order valence-electron chi connectivity index (χ2n) is 7.67. The highest BCUT2D eigenvalue weighted by atomic mass is 79.9. The fourth-order valence-corrected chi connectivity index (χ4v) is 3.60. The van der Waals surface area contributed by atoms with Crippen molar-refractivity contribution in [1.82, 2.24) is 10.2 Å². The molecule has 1 fully saturated rings. The molecule has 21 heavy (non-hydrogen) atoms. The van der Waals surface area contributed by atoms with Crippen molar-refractivity contribution in [1.29, 1.82) is 0 Å². The minimum Gasteiger partial charge on any atom is -0.309 e. The fourth-order valence-electron chi connectivity index (χ4n) is 3.19. The standard InChI is InChI=1S/C18H29BrN2/c1-6-18(5)13-21(16(11-20-18)17(2,3)4)12-14-9-7-8-10-15(14)19/h7-10,16,20H,6,11-13H2,1-5H3. The third-order valence-electron chi connectivity index (χ3n) is 4.83. The van der Waals surface area contributed by atoms with E-state index in [4.69, 9.17) is 0 Å². The monoisotopic (exact) mass is 352 g/mol. The Morgan fingerprint density at radius 3 is 2.57 bits per heavy atom. The summed E-state index contributed by atoms with van der Waals surface area (Å²) < 4.78 is 1.22. The number of hydrogen-bond donors (Lipinski definition) is 1. The van der Waals surface area contributed by atoms with E-state index in [2.05, 4.69) is 85.0 Å². The quantitative estimate of drug-likeness (QED) is 0.864. The van der Waals surface area contributed by atoms with Crippen molar-refractivity contribution in [3.05, 3.63) is 34.3 Å². The third kappa shape index (κ3) is 4.08. The summed E-state index contributed by atoms with van der Waals surface area (Å²) in [4.78, 5) is 2.67. The van der Waals surface area contributed by atoms with E-state index < -0.39 is 0 Å². The van der Waals surface area contributed by atoms with Crippen molar-refractivity contribution in [2.24, 2.45) is 5.41 Å². The summed E-state index contributed by atoms with van der Waals surface area (Å²) in [6.07, 6.45) is 1.16. The van der Waals surface area contributed by atoms with Gasteiger partial charge in [-0.3, -0.25) is 4.90 Å². The van der Waals surface area contributed by atoms with Crippen LogP contribution in [0.15, 0.2) is 28.7 Å². The van der Waals surface area contributed by atoms with Gasteiger partial charge < -0.3 is 5.32 Å². The van der Waals surface area contributed by atoms with Crippen LogP contribution in [0.3, 0.4) is 0 Å². The first-order valence-corrected chi connectivity index (χ1v) is 8.77. The molecule has 2 nitrogen and oxygen atoms in total. The Morgan fingerprint density at radius 2 is 2.00 bits per heavy atom. The molecule has 0 amide bonds. The fraction of sp³-hybridized carbons (Fsp3) is 0.667. The SMILES string of the molecule is CCC1(C)CN(Cc2ccccc2Br)C(C(C)(C)C)CN1. The minimum atomic E-state index is 0.225. The predicted octanol–water partition coefficient (Wildman–Crippen LogP) is 4.44. The van der Waals surface area contributed by atoms with Gasteiger partial charge in [0.1, 0.15) is 0 Å². The van der Waals surface area contributed by atoms with E-state index in [1.54, 1.807) is 0 Å². The molecule has 1 aliphatic heterocycles. The Kier molecular flexibility index (Phi) is 5.17. The molecule has 0 spiro atoms. The summed E-state index contributed by atoms with van der Waals surface area (Å²) in [6, 6.07) is 9.15. The highest BCUT2D eigenvalue weighted by Crippen LogP contribution is 2.32. The summed E-state index contributed by atoms with van der Waals surface area (Å²) in [5.41, 5.74) is 1.89. The van der Waals surface area contributed by atoms with Gasteiger partial charge in [0.15, 0.2) is 0 Å². The van der Waals surface area contributed by atoms with Gasteiger partial charge in [0.05, 0.1) is 0 Å². The first-order valence-electron chi connectivity index (χ1n) is 7.98. The van der Waals surface area contributed by atoms with Gasteiger partial charge in [0.25, 0.3) is 0 Å². The molecule has 0 aromatic heterocycles. The van der Waals surface area contributed by atoms with Crippen molar-refractivity contribution < 1.29 is 0 Å². The van der Waals surface area contributed by atoms with E-state index in [-0.39, 0.29) is 11.0 Å². The Labute approximate surface area is 138 Å². The first-order chi connectivity index (χ1) is 9.75. The van der Waals surface area contributed by atoms with Crippen LogP contribution >= 0.6 is 15.9 Å². The maximum absolute atomic E-state index is 3.78. The molecule has 1 heterocycles. The lowest BCUT2D eigenvalue weighted by molar-refractivity contribution is 0.0203. The average Bonchev–Trinajstić information content (AvgIpc) is 2.40. The number of halogens is 1. The summed E-state index contributed by atoms with van der Waals surface area (Å²) in [6.45, 7) is 14.9. The Hall–Kier alpha value is -0.380. The average molecular weight is 353 g/mol. The number of nitrogens with zero attached hydrogens (tertiary/aromatic N) is 1. The van der Waals surface area contributed by atoms with Crippen LogP contribution in [-0.2, 0) is 6.54 Å². The Balaban J connectivity index is 2.23. The van der Waals surface area contributed by atoms with Gasteiger partial charge in [-0.2, -0.15) is 0 Å². The van der Waals surface area contributed by atoms with E-state index in [1.165, 1.54) is 10.0 Å². The van der Waals surface area contributed by atoms with E-state index in [9.17, 15) is 0 Å². The maximum atomic E-state index is 3.78. The summed E-state index contributed by atoms with van der Waals surface area (Å²) in [5, 5.41) is 3.78. The molecule has 3 heteroatoms. The van der Waals surface area contributed by atoms with E-state index in [1.807, 2.05) is 0 Å². The third-order valence-corrected chi connectivity index (χ3v) is 5.60. The molecule has 2 rings (SSSR count). The molecule has 2 atom stereocenters. The Bertz CT molecular complexity index is 480. The lowest BCUT2D eigenvalue weighted by atomic mass is 9.81. The van der Waals surface area contributed by atoms with Crippen molar-refractivity contribution in [2.45, 2.75) is 59.2 Å². The van der Waals surface area contributed by atoms with Crippen LogP contribution in [0.5, 0.6) is 0 Å². The second-order valence-corrected chi connectivity index (χ2v) is 8.53. The van der Waals surface area contributed by atoms with Crippen LogP contribution < -0.4 is 5.32 Å². The molecule has 0 radical (unpaired) electrons. The summed E-state index contributed by atoms with van der Waals surface area (Å²) in [5.74, 6) is 0. The van der Waals surface area contributed by atoms with Gasteiger partial charge in [0, 0.05) is 35.7 Å². The van der Waals surface area contributed by atoms with Gasteiger partial charge in [0.2, 0.25) is 0 Å². The number of nitrogens with one attached hydrogen (secondary N) is 1. The van der Waals surface area contributed by atoms with Crippen LogP contribution in [0.25, 0.3) is 0 Å². The lowest BCUT2D eigenvalue weighted by Gasteiger charge is -2.50. The molecular formula is C18H29BrN2. The molecular weight excluding hydrogens is 324 g/mol. The molecule has 1 aromatic rings. The van der Waals surface area contributed by atoms with Gasteiger partial charge in [-0.25, -0.2) is 0 Å². The van der Waals surface area contributed by atoms with Gasteiger partial charge in [-0.05, 0) is 30.4 Å². The topological polar surface area (TPSA) is 15.3 Å². The lowest BCUT2D eigenvalue weighted by Crippen LogP contribution is -2.65. The first kappa shape index (κ1) is 17.0. The zero-order valence-electron chi connectivity index (χ0n) is 14.0.